The molecule has 0 heterocycles. The molecule has 0 saturated heterocycles. The number of ketones is 1. The summed E-state index contributed by atoms with van der Waals surface area (Å²) in [6.07, 6.45) is 0.705. The van der Waals surface area contributed by atoms with Gasteiger partial charge in [0.05, 0.1) is 0 Å². The standard InChI is InChI=1S/C16H17F3O2/c17-16(18,19)21-14-5-3-11(4-6-14)15(20)9-13-8-10-1-2-12(13)7-10/h3-6,10,12-13H,1-2,7-9H2. The first-order valence-corrected chi connectivity index (χ1v) is 7.30. The summed E-state index contributed by atoms with van der Waals surface area (Å²) in [6, 6.07) is 5.22. The van der Waals surface area contributed by atoms with Crippen LogP contribution in [0.15, 0.2) is 24.3 Å². The molecule has 2 aliphatic carbocycles. The van der Waals surface area contributed by atoms with E-state index in [4.69, 9.17) is 0 Å². The second-order valence-electron chi connectivity index (χ2n) is 6.13. The van der Waals surface area contributed by atoms with E-state index in [0.29, 0.717) is 23.8 Å². The molecule has 2 fully saturated rings. The largest absolute Gasteiger partial charge is 0.573 e. The monoisotopic (exact) mass is 298 g/mol. The van der Waals surface area contributed by atoms with E-state index in [1.54, 1.807) is 0 Å². The van der Waals surface area contributed by atoms with Gasteiger partial charge in [0.2, 0.25) is 0 Å². The van der Waals surface area contributed by atoms with Crippen molar-refractivity contribution in [3.8, 4) is 5.75 Å². The summed E-state index contributed by atoms with van der Waals surface area (Å²) in [5.41, 5.74) is 0.465. The lowest BCUT2D eigenvalue weighted by atomic mass is 9.84. The van der Waals surface area contributed by atoms with Crippen LogP contribution in [0, 0.1) is 17.8 Å². The lowest BCUT2D eigenvalue weighted by molar-refractivity contribution is -0.274. The molecule has 3 atom stereocenters. The molecule has 3 rings (SSSR count). The van der Waals surface area contributed by atoms with Crippen LogP contribution in [0.1, 0.15) is 42.5 Å². The van der Waals surface area contributed by atoms with Crippen molar-refractivity contribution >= 4 is 5.78 Å². The Morgan fingerprint density at radius 1 is 1.14 bits per heavy atom. The van der Waals surface area contributed by atoms with Gasteiger partial charge in [0.15, 0.2) is 5.78 Å². The summed E-state index contributed by atoms with van der Waals surface area (Å²) < 4.78 is 40.0. The Morgan fingerprint density at radius 2 is 1.86 bits per heavy atom. The van der Waals surface area contributed by atoms with Gasteiger partial charge < -0.3 is 4.74 Å². The highest BCUT2D eigenvalue weighted by Gasteiger charge is 2.40. The molecule has 0 amide bonds. The molecule has 0 radical (unpaired) electrons. The highest BCUT2D eigenvalue weighted by Crippen LogP contribution is 2.49. The zero-order chi connectivity index (χ0) is 15.0. The molecule has 2 bridgehead atoms. The third-order valence-electron chi connectivity index (χ3n) is 4.74. The van der Waals surface area contributed by atoms with Crippen LogP contribution in [-0.2, 0) is 0 Å². The molecule has 0 aliphatic heterocycles. The summed E-state index contributed by atoms with van der Waals surface area (Å²) in [6.45, 7) is 0. The van der Waals surface area contributed by atoms with Gasteiger partial charge in [-0.25, -0.2) is 0 Å². The maximum Gasteiger partial charge on any atom is 0.573 e. The number of carbonyl (C=O) groups excluding carboxylic acids is 1. The molecule has 0 spiro atoms. The predicted molar refractivity (Wildman–Crippen MR) is 71.0 cm³/mol. The van der Waals surface area contributed by atoms with Crippen molar-refractivity contribution < 1.29 is 22.7 Å². The first kappa shape index (κ1) is 14.4. The molecule has 2 nitrogen and oxygen atoms in total. The molecule has 3 unspecified atom stereocenters. The van der Waals surface area contributed by atoms with Gasteiger partial charge in [-0.05, 0) is 61.3 Å². The number of rotatable bonds is 4. The number of hydrogen-bond acceptors (Lipinski definition) is 2. The molecular formula is C16H17F3O2. The van der Waals surface area contributed by atoms with Crippen molar-refractivity contribution in [2.45, 2.75) is 38.5 Å². The topological polar surface area (TPSA) is 26.3 Å². The third kappa shape index (κ3) is 3.39. The van der Waals surface area contributed by atoms with Crippen LogP contribution in [0.5, 0.6) is 5.75 Å². The van der Waals surface area contributed by atoms with Crippen molar-refractivity contribution in [3.05, 3.63) is 29.8 Å². The van der Waals surface area contributed by atoms with E-state index in [1.165, 1.54) is 43.5 Å². The van der Waals surface area contributed by atoms with E-state index in [-0.39, 0.29) is 11.5 Å². The first-order valence-electron chi connectivity index (χ1n) is 7.30. The fourth-order valence-electron chi connectivity index (χ4n) is 3.82. The Labute approximate surface area is 121 Å². The first-order chi connectivity index (χ1) is 9.90. The van der Waals surface area contributed by atoms with Crippen molar-refractivity contribution in [1.82, 2.24) is 0 Å². The van der Waals surface area contributed by atoms with E-state index >= 15 is 0 Å². The number of halogens is 3. The molecule has 0 aromatic heterocycles. The van der Waals surface area contributed by atoms with E-state index in [9.17, 15) is 18.0 Å². The number of ether oxygens (including phenoxy) is 1. The zero-order valence-corrected chi connectivity index (χ0v) is 11.5. The fraction of sp³-hybridized carbons (Fsp3) is 0.562. The minimum absolute atomic E-state index is 0.0195. The van der Waals surface area contributed by atoms with Gasteiger partial charge >= 0.3 is 6.36 Å². The Balaban J connectivity index is 1.60. The predicted octanol–water partition coefficient (Wildman–Crippen LogP) is 4.59. The van der Waals surface area contributed by atoms with Gasteiger partial charge in [-0.2, -0.15) is 0 Å². The Morgan fingerprint density at radius 3 is 2.38 bits per heavy atom. The van der Waals surface area contributed by atoms with Crippen molar-refractivity contribution in [2.75, 3.05) is 0 Å². The lowest BCUT2D eigenvalue weighted by Crippen LogP contribution is -2.17. The third-order valence-corrected chi connectivity index (χ3v) is 4.74. The average Bonchev–Trinajstić information content (AvgIpc) is 3.00. The van der Waals surface area contributed by atoms with Crippen LogP contribution in [0.2, 0.25) is 0 Å². The number of fused-ring (bicyclic) bond motifs is 2. The Bertz CT molecular complexity index is 521. The molecule has 1 aromatic rings. The summed E-state index contributed by atoms with van der Waals surface area (Å²) in [5, 5.41) is 0. The second-order valence-corrected chi connectivity index (χ2v) is 6.13. The van der Waals surface area contributed by atoms with E-state index < -0.39 is 6.36 Å². The maximum absolute atomic E-state index is 12.2. The lowest BCUT2D eigenvalue weighted by Gasteiger charge is -2.20. The van der Waals surface area contributed by atoms with Crippen LogP contribution >= 0.6 is 0 Å². The van der Waals surface area contributed by atoms with Gasteiger partial charge in [0.25, 0.3) is 0 Å². The Hall–Kier alpha value is -1.52. The molecule has 0 N–H and O–H groups in total. The molecule has 5 heteroatoms. The summed E-state index contributed by atoms with van der Waals surface area (Å²) in [5.74, 6) is 1.65. The summed E-state index contributed by atoms with van der Waals surface area (Å²) in [4.78, 5) is 12.2. The number of Topliss-reactive ketones (excluding diaryl/α,β-unsaturated/α-hetero) is 1. The van der Waals surface area contributed by atoms with Gasteiger partial charge in [0, 0.05) is 12.0 Å². The smallest absolute Gasteiger partial charge is 0.406 e. The molecule has 21 heavy (non-hydrogen) atoms. The van der Waals surface area contributed by atoms with Gasteiger partial charge in [-0.15, -0.1) is 13.2 Å². The van der Waals surface area contributed by atoms with E-state index in [1.807, 2.05) is 0 Å². The highest BCUT2D eigenvalue weighted by molar-refractivity contribution is 5.96. The fourth-order valence-corrected chi connectivity index (χ4v) is 3.82. The van der Waals surface area contributed by atoms with E-state index in [0.717, 1.165) is 12.3 Å². The minimum Gasteiger partial charge on any atom is -0.406 e. The average molecular weight is 298 g/mol. The number of benzene rings is 1. The van der Waals surface area contributed by atoms with Crippen molar-refractivity contribution in [2.24, 2.45) is 17.8 Å². The van der Waals surface area contributed by atoms with Gasteiger partial charge in [0.1, 0.15) is 5.75 Å². The van der Waals surface area contributed by atoms with Crippen LogP contribution in [0.25, 0.3) is 0 Å². The molecule has 114 valence electrons. The van der Waals surface area contributed by atoms with Crippen LogP contribution in [0.4, 0.5) is 13.2 Å². The van der Waals surface area contributed by atoms with Crippen LogP contribution in [-0.4, -0.2) is 12.1 Å². The van der Waals surface area contributed by atoms with E-state index in [2.05, 4.69) is 4.74 Å². The van der Waals surface area contributed by atoms with Crippen molar-refractivity contribution in [3.63, 3.8) is 0 Å². The van der Waals surface area contributed by atoms with Gasteiger partial charge in [-0.3, -0.25) is 4.79 Å². The van der Waals surface area contributed by atoms with Crippen molar-refractivity contribution in [1.29, 1.82) is 0 Å². The summed E-state index contributed by atoms with van der Waals surface area (Å²) >= 11 is 0. The molecule has 2 aliphatic rings. The minimum atomic E-state index is -4.70. The molecule has 1 aromatic carbocycles. The van der Waals surface area contributed by atoms with Crippen LogP contribution < -0.4 is 4.74 Å². The van der Waals surface area contributed by atoms with Gasteiger partial charge in [-0.1, -0.05) is 6.42 Å². The second kappa shape index (κ2) is 5.35. The number of hydrogen-bond donors (Lipinski definition) is 0. The number of alkyl halides is 3. The molecule has 2 saturated carbocycles. The number of carbonyl (C=O) groups is 1. The molecular weight excluding hydrogens is 281 g/mol. The zero-order valence-electron chi connectivity index (χ0n) is 11.5. The highest BCUT2D eigenvalue weighted by atomic mass is 19.4. The Kier molecular flexibility index (Phi) is 3.68. The van der Waals surface area contributed by atoms with Crippen LogP contribution in [0.3, 0.4) is 0 Å². The SMILES string of the molecule is O=C(CC1CC2CCC1C2)c1ccc(OC(F)(F)F)cc1. The maximum atomic E-state index is 12.2. The quantitative estimate of drug-likeness (QED) is 0.760. The summed E-state index contributed by atoms with van der Waals surface area (Å²) in [7, 11) is 0. The normalized spacial score (nSPS) is 27.9.